The molecule has 0 aliphatic carbocycles. The number of rotatable bonds is 5. The zero-order valence-corrected chi connectivity index (χ0v) is 16.5. The van der Waals surface area contributed by atoms with E-state index in [1.165, 1.54) is 0 Å². The first kappa shape index (κ1) is 18.2. The number of hydrogen-bond donors (Lipinski definition) is 1. The summed E-state index contributed by atoms with van der Waals surface area (Å²) in [5, 5.41) is 3.12. The number of nitrogens with zero attached hydrogens (tertiary/aromatic N) is 1. The van der Waals surface area contributed by atoms with Crippen molar-refractivity contribution >= 4 is 49.7 Å². The largest absolute Gasteiger partial charge is 0.376 e. The van der Waals surface area contributed by atoms with Crippen LogP contribution in [0.2, 0.25) is 0 Å². The molecule has 2 aromatic rings. The van der Waals surface area contributed by atoms with Crippen molar-refractivity contribution in [1.82, 2.24) is 0 Å². The molecule has 0 radical (unpaired) electrons. The van der Waals surface area contributed by atoms with Gasteiger partial charge in [-0.25, -0.2) is 8.42 Å². The van der Waals surface area contributed by atoms with Crippen LogP contribution in [-0.4, -0.2) is 38.4 Å². The van der Waals surface area contributed by atoms with Gasteiger partial charge in [-0.2, -0.15) is 0 Å². The maximum atomic E-state index is 12.8. The minimum Gasteiger partial charge on any atom is -0.376 e. The molecule has 1 aliphatic rings. The van der Waals surface area contributed by atoms with Gasteiger partial charge in [-0.3, -0.25) is 4.79 Å². The second-order valence-corrected chi connectivity index (χ2v) is 9.49. The molecule has 1 aliphatic heterocycles. The SMILES string of the molecule is O=C(CNc1ccc(I)cc1)N(c1ccccc1)[C@H]1CCS(=O)(=O)C1. The van der Waals surface area contributed by atoms with E-state index in [0.717, 1.165) is 14.9 Å². The molecule has 2 aromatic carbocycles. The van der Waals surface area contributed by atoms with Gasteiger partial charge in [0.05, 0.1) is 24.1 Å². The van der Waals surface area contributed by atoms with Crippen LogP contribution in [0, 0.1) is 3.57 Å². The Morgan fingerprint density at radius 1 is 1.12 bits per heavy atom. The molecule has 1 N–H and O–H groups in total. The van der Waals surface area contributed by atoms with Gasteiger partial charge in [0, 0.05) is 14.9 Å². The maximum absolute atomic E-state index is 12.8. The quantitative estimate of drug-likeness (QED) is 0.683. The molecule has 0 spiro atoms. The summed E-state index contributed by atoms with van der Waals surface area (Å²) in [4.78, 5) is 14.5. The molecule has 1 fully saturated rings. The average molecular weight is 470 g/mol. The lowest BCUT2D eigenvalue weighted by atomic mass is 10.1. The van der Waals surface area contributed by atoms with E-state index < -0.39 is 9.84 Å². The van der Waals surface area contributed by atoms with E-state index in [9.17, 15) is 13.2 Å². The Hall–Kier alpha value is -1.61. The van der Waals surface area contributed by atoms with E-state index in [-0.39, 0.29) is 30.0 Å². The highest BCUT2D eigenvalue weighted by atomic mass is 127. The molecule has 1 atom stereocenters. The summed E-state index contributed by atoms with van der Waals surface area (Å²) >= 11 is 2.23. The molecule has 5 nitrogen and oxygen atoms in total. The van der Waals surface area contributed by atoms with Gasteiger partial charge in [0.2, 0.25) is 5.91 Å². The van der Waals surface area contributed by atoms with Crippen LogP contribution in [-0.2, 0) is 14.6 Å². The van der Waals surface area contributed by atoms with Gasteiger partial charge in [0.1, 0.15) is 0 Å². The minimum absolute atomic E-state index is 0.0250. The van der Waals surface area contributed by atoms with Gasteiger partial charge >= 0.3 is 0 Å². The Morgan fingerprint density at radius 2 is 1.80 bits per heavy atom. The maximum Gasteiger partial charge on any atom is 0.246 e. The third-order valence-electron chi connectivity index (χ3n) is 4.16. The van der Waals surface area contributed by atoms with Crippen molar-refractivity contribution in [3.63, 3.8) is 0 Å². The van der Waals surface area contributed by atoms with Gasteiger partial charge < -0.3 is 10.2 Å². The number of hydrogen-bond acceptors (Lipinski definition) is 4. The molecule has 1 amide bonds. The highest BCUT2D eigenvalue weighted by Crippen LogP contribution is 2.24. The number of carbonyl (C=O) groups excluding carboxylic acids is 1. The summed E-state index contributed by atoms with van der Waals surface area (Å²) in [5.74, 6) is 0.0301. The predicted octanol–water partition coefficient (Wildman–Crippen LogP) is 2.92. The number of halogens is 1. The standard InChI is InChI=1S/C18H19IN2O3S/c19-14-6-8-15(9-7-14)20-12-18(22)21(16-4-2-1-3-5-16)17-10-11-25(23,24)13-17/h1-9,17,20H,10-13H2/t17-/m0/s1. The van der Waals surface area contributed by atoms with Crippen molar-refractivity contribution in [2.45, 2.75) is 12.5 Å². The number of para-hydroxylation sites is 1. The van der Waals surface area contributed by atoms with E-state index in [4.69, 9.17) is 0 Å². The molecule has 0 aromatic heterocycles. The van der Waals surface area contributed by atoms with Crippen molar-refractivity contribution in [2.24, 2.45) is 0 Å². The van der Waals surface area contributed by atoms with Crippen molar-refractivity contribution < 1.29 is 13.2 Å². The summed E-state index contributed by atoms with van der Waals surface area (Å²) in [6.45, 7) is 0.117. The Bertz CT molecular complexity index is 838. The van der Waals surface area contributed by atoms with Gasteiger partial charge in [0.25, 0.3) is 0 Å². The highest BCUT2D eigenvalue weighted by molar-refractivity contribution is 14.1. The van der Waals surface area contributed by atoms with Crippen LogP contribution in [0.3, 0.4) is 0 Å². The van der Waals surface area contributed by atoms with E-state index in [0.29, 0.717) is 6.42 Å². The molecule has 0 saturated carbocycles. The monoisotopic (exact) mass is 470 g/mol. The fourth-order valence-electron chi connectivity index (χ4n) is 2.96. The van der Waals surface area contributed by atoms with Crippen LogP contribution in [0.15, 0.2) is 54.6 Å². The van der Waals surface area contributed by atoms with Gasteiger partial charge in [-0.1, -0.05) is 18.2 Å². The second kappa shape index (κ2) is 7.74. The Labute approximate surface area is 161 Å². The molecule has 1 saturated heterocycles. The lowest BCUT2D eigenvalue weighted by molar-refractivity contribution is -0.117. The van der Waals surface area contributed by atoms with Crippen LogP contribution >= 0.6 is 22.6 Å². The van der Waals surface area contributed by atoms with Crippen LogP contribution in [0.25, 0.3) is 0 Å². The van der Waals surface area contributed by atoms with Gasteiger partial charge in [-0.05, 0) is 65.4 Å². The normalized spacial score (nSPS) is 18.7. The first-order valence-corrected chi connectivity index (χ1v) is 10.9. The number of benzene rings is 2. The zero-order chi connectivity index (χ0) is 17.9. The molecule has 1 heterocycles. The molecule has 0 unspecified atom stereocenters. The lowest BCUT2D eigenvalue weighted by Gasteiger charge is -2.28. The van der Waals surface area contributed by atoms with Gasteiger partial charge in [-0.15, -0.1) is 0 Å². The van der Waals surface area contributed by atoms with Crippen LogP contribution in [0.5, 0.6) is 0 Å². The van der Waals surface area contributed by atoms with Crippen LogP contribution in [0.4, 0.5) is 11.4 Å². The third kappa shape index (κ3) is 4.72. The lowest BCUT2D eigenvalue weighted by Crippen LogP contribution is -2.44. The first-order chi connectivity index (χ1) is 11.9. The molecule has 132 valence electrons. The average Bonchev–Trinajstić information content (AvgIpc) is 2.95. The molecule has 3 rings (SSSR count). The fourth-order valence-corrected chi connectivity index (χ4v) is 5.02. The van der Waals surface area contributed by atoms with Crippen molar-refractivity contribution in [3.05, 3.63) is 58.2 Å². The number of carbonyl (C=O) groups is 1. The zero-order valence-electron chi connectivity index (χ0n) is 13.6. The summed E-state index contributed by atoms with van der Waals surface area (Å²) in [6, 6.07) is 16.7. The van der Waals surface area contributed by atoms with Gasteiger partial charge in [0.15, 0.2) is 9.84 Å². The highest BCUT2D eigenvalue weighted by Gasteiger charge is 2.35. The fraction of sp³-hybridized carbons (Fsp3) is 0.278. The summed E-state index contributed by atoms with van der Waals surface area (Å²) in [5.41, 5.74) is 1.60. The van der Waals surface area contributed by atoms with E-state index in [1.807, 2.05) is 54.6 Å². The summed E-state index contributed by atoms with van der Waals surface area (Å²) < 4.78 is 24.8. The number of nitrogens with one attached hydrogen (secondary N) is 1. The Morgan fingerprint density at radius 3 is 2.40 bits per heavy atom. The first-order valence-electron chi connectivity index (χ1n) is 8.01. The number of amides is 1. The van der Waals surface area contributed by atoms with Crippen molar-refractivity contribution in [1.29, 1.82) is 0 Å². The molecule has 0 bridgehead atoms. The number of sulfone groups is 1. The minimum atomic E-state index is -3.07. The van der Waals surface area contributed by atoms with Crippen molar-refractivity contribution in [2.75, 3.05) is 28.3 Å². The summed E-state index contributed by atoms with van der Waals surface area (Å²) in [6.07, 6.45) is 0.479. The molecule has 7 heteroatoms. The molecular formula is C18H19IN2O3S. The van der Waals surface area contributed by atoms with Crippen LogP contribution in [0.1, 0.15) is 6.42 Å². The Balaban J connectivity index is 1.76. The molecular weight excluding hydrogens is 451 g/mol. The van der Waals surface area contributed by atoms with Crippen molar-refractivity contribution in [3.8, 4) is 0 Å². The Kier molecular flexibility index (Phi) is 5.63. The number of anilines is 2. The van der Waals surface area contributed by atoms with E-state index in [2.05, 4.69) is 27.9 Å². The van der Waals surface area contributed by atoms with E-state index >= 15 is 0 Å². The summed E-state index contributed by atoms with van der Waals surface area (Å²) in [7, 11) is -3.07. The van der Waals surface area contributed by atoms with Crippen LogP contribution < -0.4 is 10.2 Å². The third-order valence-corrected chi connectivity index (χ3v) is 6.63. The topological polar surface area (TPSA) is 66.5 Å². The smallest absolute Gasteiger partial charge is 0.246 e. The predicted molar refractivity (Wildman–Crippen MR) is 109 cm³/mol. The van der Waals surface area contributed by atoms with E-state index in [1.54, 1.807) is 4.90 Å². The molecule has 25 heavy (non-hydrogen) atoms. The second-order valence-electron chi connectivity index (χ2n) is 6.02.